The second kappa shape index (κ2) is 6.31. The predicted octanol–water partition coefficient (Wildman–Crippen LogP) is 2.93. The van der Waals surface area contributed by atoms with E-state index in [9.17, 15) is 22.8 Å². The molecule has 5 nitrogen and oxygen atoms in total. The molecule has 0 fully saturated rings. The second-order valence-corrected chi connectivity index (χ2v) is 4.58. The van der Waals surface area contributed by atoms with Crippen molar-refractivity contribution in [2.45, 2.75) is 19.5 Å². The smallest absolute Gasteiger partial charge is 0.417 e. The van der Waals surface area contributed by atoms with Gasteiger partial charge in [-0.3, -0.25) is 4.79 Å². The van der Waals surface area contributed by atoms with Gasteiger partial charge in [-0.15, -0.1) is 0 Å². The minimum atomic E-state index is -4.83. The number of ether oxygens (including phenoxy) is 2. The number of halogens is 3. The van der Waals surface area contributed by atoms with E-state index in [1.165, 1.54) is 26.2 Å². The Kier molecular flexibility index (Phi) is 4.63. The van der Waals surface area contributed by atoms with E-state index in [1.54, 1.807) is 0 Å². The van der Waals surface area contributed by atoms with Gasteiger partial charge in [0, 0.05) is 11.5 Å². The zero-order chi connectivity index (χ0) is 17.2. The lowest BCUT2D eigenvalue weighted by atomic mass is 10.0. The van der Waals surface area contributed by atoms with Crippen molar-refractivity contribution in [3.8, 4) is 5.75 Å². The second-order valence-electron chi connectivity index (χ2n) is 4.58. The molecule has 124 valence electrons. The molecule has 0 aliphatic heterocycles. The zero-order valence-corrected chi connectivity index (χ0v) is 12.3. The number of fused-ring (bicyclic) bond motifs is 1. The van der Waals surface area contributed by atoms with Crippen LogP contribution in [0, 0.1) is 0 Å². The Balaban J connectivity index is 2.73. The fourth-order valence-corrected chi connectivity index (χ4v) is 2.19. The molecule has 1 aromatic carbocycles. The van der Waals surface area contributed by atoms with Crippen molar-refractivity contribution in [2.24, 2.45) is 0 Å². The molecule has 1 aromatic heterocycles. The average Bonchev–Trinajstić information content (AvgIpc) is 2.46. The molecule has 0 radical (unpaired) electrons. The van der Waals surface area contributed by atoms with Crippen LogP contribution in [0.15, 0.2) is 27.4 Å². The number of carbonyl (C=O) groups is 1. The highest BCUT2D eigenvalue weighted by atomic mass is 19.4. The summed E-state index contributed by atoms with van der Waals surface area (Å²) in [6, 6.07) is 3.63. The summed E-state index contributed by atoms with van der Waals surface area (Å²) in [6.45, 7) is 1.51. The molecule has 0 spiro atoms. The van der Waals surface area contributed by atoms with E-state index in [0.29, 0.717) is 0 Å². The molecule has 0 bridgehead atoms. The molecule has 0 saturated heterocycles. The SMILES string of the molecule is CCOC(=O)Cc1c(C(F)(F)F)c2ccc(OC)cc2oc1=O. The van der Waals surface area contributed by atoms with Crippen molar-refractivity contribution in [1.82, 2.24) is 0 Å². The quantitative estimate of drug-likeness (QED) is 0.637. The van der Waals surface area contributed by atoms with Gasteiger partial charge in [0.1, 0.15) is 11.3 Å². The van der Waals surface area contributed by atoms with E-state index in [2.05, 4.69) is 4.74 Å². The van der Waals surface area contributed by atoms with Gasteiger partial charge < -0.3 is 13.9 Å². The molecule has 23 heavy (non-hydrogen) atoms. The summed E-state index contributed by atoms with van der Waals surface area (Å²) in [5, 5.41) is -0.322. The van der Waals surface area contributed by atoms with E-state index in [1.807, 2.05) is 0 Å². The highest BCUT2D eigenvalue weighted by Crippen LogP contribution is 2.37. The van der Waals surface area contributed by atoms with Crippen molar-refractivity contribution in [3.63, 3.8) is 0 Å². The molecule has 0 aliphatic carbocycles. The Morgan fingerprint density at radius 1 is 1.30 bits per heavy atom. The van der Waals surface area contributed by atoms with Gasteiger partial charge in [0.2, 0.25) is 0 Å². The molecule has 0 amide bonds. The van der Waals surface area contributed by atoms with E-state index in [-0.39, 0.29) is 23.3 Å². The molecule has 0 aliphatic rings. The first-order valence-corrected chi connectivity index (χ1v) is 6.64. The standard InChI is InChI=1S/C15H13F3O5/c1-3-22-12(19)7-10-13(15(16,17)18)9-5-4-8(21-2)6-11(9)23-14(10)20/h4-6H,3,7H2,1-2H3. The summed E-state index contributed by atoms with van der Waals surface area (Å²) in [5.41, 5.74) is -3.46. The fourth-order valence-electron chi connectivity index (χ4n) is 2.19. The van der Waals surface area contributed by atoms with Crippen molar-refractivity contribution in [1.29, 1.82) is 0 Å². The number of benzene rings is 1. The normalized spacial score (nSPS) is 11.5. The largest absolute Gasteiger partial charge is 0.497 e. The van der Waals surface area contributed by atoms with Crippen LogP contribution < -0.4 is 10.4 Å². The van der Waals surface area contributed by atoms with Crippen molar-refractivity contribution >= 4 is 16.9 Å². The monoisotopic (exact) mass is 330 g/mol. The predicted molar refractivity (Wildman–Crippen MR) is 74.4 cm³/mol. The summed E-state index contributed by atoms with van der Waals surface area (Å²) in [6.07, 6.45) is -5.64. The topological polar surface area (TPSA) is 65.7 Å². The summed E-state index contributed by atoms with van der Waals surface area (Å²) >= 11 is 0. The van der Waals surface area contributed by atoms with Gasteiger partial charge in [0.15, 0.2) is 0 Å². The third-order valence-corrected chi connectivity index (χ3v) is 3.12. The van der Waals surface area contributed by atoms with Gasteiger partial charge in [-0.05, 0) is 19.1 Å². The van der Waals surface area contributed by atoms with Crippen LogP contribution in [-0.4, -0.2) is 19.7 Å². The molecule has 0 N–H and O–H groups in total. The average molecular weight is 330 g/mol. The maximum Gasteiger partial charge on any atom is 0.417 e. The summed E-state index contributed by atoms with van der Waals surface area (Å²) < 4.78 is 54.7. The third kappa shape index (κ3) is 3.46. The minimum Gasteiger partial charge on any atom is -0.497 e. The molecule has 0 saturated carbocycles. The van der Waals surface area contributed by atoms with Crippen molar-refractivity contribution in [2.75, 3.05) is 13.7 Å². The maximum atomic E-state index is 13.4. The molecule has 0 atom stereocenters. The number of alkyl halides is 3. The third-order valence-electron chi connectivity index (χ3n) is 3.12. The molecule has 2 aromatic rings. The summed E-state index contributed by atoms with van der Waals surface area (Å²) in [7, 11) is 1.33. The lowest BCUT2D eigenvalue weighted by Gasteiger charge is -2.14. The molecule has 2 rings (SSSR count). The minimum absolute atomic E-state index is 0.00367. The van der Waals surface area contributed by atoms with Crippen molar-refractivity contribution in [3.05, 3.63) is 39.7 Å². The number of hydrogen-bond donors (Lipinski definition) is 0. The number of methoxy groups -OCH3 is 1. The van der Waals surface area contributed by atoms with E-state index in [0.717, 1.165) is 6.07 Å². The van der Waals surface area contributed by atoms with E-state index < -0.39 is 35.3 Å². The van der Waals surface area contributed by atoms with E-state index >= 15 is 0 Å². The zero-order valence-electron chi connectivity index (χ0n) is 12.3. The fraction of sp³-hybridized carbons (Fsp3) is 0.333. The Hall–Kier alpha value is -2.51. The van der Waals surface area contributed by atoms with Crippen LogP contribution in [0.3, 0.4) is 0 Å². The molecule has 0 unspecified atom stereocenters. The van der Waals surface area contributed by atoms with E-state index in [4.69, 9.17) is 9.15 Å². The molecule has 1 heterocycles. The Labute approximate surface area is 128 Å². The maximum absolute atomic E-state index is 13.4. The summed E-state index contributed by atoms with van der Waals surface area (Å²) in [4.78, 5) is 23.4. The van der Waals surface area contributed by atoms with Crippen LogP contribution in [0.2, 0.25) is 0 Å². The Bertz CT molecular complexity index is 792. The number of hydrogen-bond acceptors (Lipinski definition) is 5. The van der Waals surface area contributed by atoms with Crippen LogP contribution in [0.1, 0.15) is 18.1 Å². The van der Waals surface area contributed by atoms with Gasteiger partial charge in [-0.2, -0.15) is 13.2 Å². The van der Waals surface area contributed by atoms with Crippen LogP contribution in [0.5, 0.6) is 5.75 Å². The van der Waals surface area contributed by atoms with Crippen LogP contribution in [0.4, 0.5) is 13.2 Å². The summed E-state index contributed by atoms with van der Waals surface area (Å²) in [5.74, 6) is -0.690. The first-order valence-electron chi connectivity index (χ1n) is 6.64. The van der Waals surface area contributed by atoms with Gasteiger partial charge in [0.25, 0.3) is 0 Å². The molecule has 8 heteroatoms. The van der Waals surface area contributed by atoms with Crippen LogP contribution in [0.25, 0.3) is 11.0 Å². The first-order chi connectivity index (χ1) is 10.8. The Morgan fingerprint density at radius 3 is 2.57 bits per heavy atom. The Morgan fingerprint density at radius 2 is 2.00 bits per heavy atom. The lowest BCUT2D eigenvalue weighted by Crippen LogP contribution is -2.22. The number of rotatable bonds is 4. The van der Waals surface area contributed by atoms with Gasteiger partial charge in [0.05, 0.1) is 31.3 Å². The highest BCUT2D eigenvalue weighted by Gasteiger charge is 2.38. The molecular formula is C15H13F3O5. The number of carbonyl (C=O) groups excluding carboxylic acids is 1. The highest BCUT2D eigenvalue weighted by molar-refractivity contribution is 5.85. The number of esters is 1. The van der Waals surface area contributed by atoms with Crippen LogP contribution >= 0.6 is 0 Å². The van der Waals surface area contributed by atoms with Crippen molar-refractivity contribution < 1.29 is 31.9 Å². The first kappa shape index (κ1) is 16.9. The van der Waals surface area contributed by atoms with Gasteiger partial charge in [-0.1, -0.05) is 0 Å². The van der Waals surface area contributed by atoms with Gasteiger partial charge in [-0.25, -0.2) is 4.79 Å². The molecular weight excluding hydrogens is 317 g/mol. The van der Waals surface area contributed by atoms with Gasteiger partial charge >= 0.3 is 17.8 Å². The van der Waals surface area contributed by atoms with Crippen LogP contribution in [-0.2, 0) is 22.1 Å². The lowest BCUT2D eigenvalue weighted by molar-refractivity contribution is -0.143.